The molecule has 196 valence electrons. The third kappa shape index (κ3) is 6.65. The summed E-state index contributed by atoms with van der Waals surface area (Å²) in [7, 11) is 0. The van der Waals surface area contributed by atoms with Gasteiger partial charge in [-0.25, -0.2) is 19.9 Å². The zero-order valence-electron chi connectivity index (χ0n) is 21.1. The van der Waals surface area contributed by atoms with E-state index >= 15 is 0 Å². The van der Waals surface area contributed by atoms with Gasteiger partial charge in [-0.1, -0.05) is 6.92 Å². The molecule has 0 aromatic carbocycles. The number of nitrogens with one attached hydrogen (secondary N) is 1. The molecule has 5 rings (SSSR count). The Balaban J connectivity index is 0.00000102. The fourth-order valence-electron chi connectivity index (χ4n) is 4.48. The topological polar surface area (TPSA) is 131 Å². The number of hydrogen-bond donors (Lipinski definition) is 1. The van der Waals surface area contributed by atoms with E-state index in [9.17, 15) is 4.79 Å². The molecule has 5 heterocycles. The van der Waals surface area contributed by atoms with Gasteiger partial charge < -0.3 is 19.9 Å². The van der Waals surface area contributed by atoms with Gasteiger partial charge in [0.25, 0.3) is 5.91 Å². The van der Waals surface area contributed by atoms with Gasteiger partial charge >= 0.3 is 6.15 Å². The van der Waals surface area contributed by atoms with Crippen LogP contribution < -0.4 is 15.1 Å². The monoisotopic (exact) mass is 525 g/mol. The Morgan fingerprint density at radius 2 is 1.78 bits per heavy atom. The van der Waals surface area contributed by atoms with Gasteiger partial charge in [-0.2, -0.15) is 9.59 Å². The average molecular weight is 526 g/mol. The number of hydrogen-bond acceptors (Lipinski definition) is 11. The first kappa shape index (κ1) is 26.6. The summed E-state index contributed by atoms with van der Waals surface area (Å²) >= 11 is 1.48. The molecule has 0 radical (unpaired) electrons. The predicted molar refractivity (Wildman–Crippen MR) is 139 cm³/mol. The van der Waals surface area contributed by atoms with Gasteiger partial charge in [-0.3, -0.25) is 4.79 Å². The van der Waals surface area contributed by atoms with Gasteiger partial charge in [0.05, 0.1) is 28.3 Å². The number of piperidine rings is 1. The molecule has 12 heteroatoms. The van der Waals surface area contributed by atoms with Crippen molar-refractivity contribution in [1.29, 1.82) is 0 Å². The van der Waals surface area contributed by atoms with E-state index in [-0.39, 0.29) is 12.1 Å². The van der Waals surface area contributed by atoms with Crippen LogP contribution in [-0.4, -0.2) is 77.9 Å². The van der Waals surface area contributed by atoms with Gasteiger partial charge in [0.2, 0.25) is 5.95 Å². The molecule has 0 saturated carbocycles. The van der Waals surface area contributed by atoms with Gasteiger partial charge in [0.1, 0.15) is 5.82 Å². The number of anilines is 2. The van der Waals surface area contributed by atoms with Crippen LogP contribution in [0.15, 0.2) is 18.5 Å². The molecule has 2 saturated heterocycles. The molecule has 0 bridgehead atoms. The normalized spacial score (nSPS) is 16.2. The molecule has 3 aromatic rings. The summed E-state index contributed by atoms with van der Waals surface area (Å²) in [4.78, 5) is 52.6. The van der Waals surface area contributed by atoms with Crippen LogP contribution in [0.5, 0.6) is 0 Å². The third-order valence-corrected chi connectivity index (χ3v) is 7.67. The van der Waals surface area contributed by atoms with Gasteiger partial charge in [0, 0.05) is 45.1 Å². The average Bonchev–Trinajstić information content (AvgIpc) is 3.37. The van der Waals surface area contributed by atoms with Crippen LogP contribution in [-0.2, 0) is 20.7 Å². The maximum absolute atomic E-state index is 13.0. The van der Waals surface area contributed by atoms with E-state index in [1.165, 1.54) is 11.3 Å². The number of aromatic nitrogens is 4. The summed E-state index contributed by atoms with van der Waals surface area (Å²) in [5.41, 5.74) is 1.99. The molecule has 0 atom stereocenters. The van der Waals surface area contributed by atoms with Crippen LogP contribution >= 0.6 is 11.3 Å². The lowest BCUT2D eigenvalue weighted by molar-refractivity contribution is -0.191. The van der Waals surface area contributed by atoms with Gasteiger partial charge in [-0.15, -0.1) is 11.3 Å². The van der Waals surface area contributed by atoms with Crippen molar-refractivity contribution in [2.24, 2.45) is 5.92 Å². The smallest absolute Gasteiger partial charge is 0.373 e. The zero-order chi connectivity index (χ0) is 26.2. The number of thiophene rings is 1. The molecule has 2 aliphatic rings. The zero-order valence-corrected chi connectivity index (χ0v) is 21.9. The number of ether oxygens (including phenoxy) is 1. The number of morpholine rings is 1. The second-order valence-electron chi connectivity index (χ2n) is 8.99. The summed E-state index contributed by atoms with van der Waals surface area (Å²) in [5.74, 6) is 2.86. The van der Waals surface area contributed by atoms with Crippen molar-refractivity contribution >= 4 is 45.4 Å². The van der Waals surface area contributed by atoms with E-state index < -0.39 is 0 Å². The quantitative estimate of drug-likeness (QED) is 0.511. The lowest BCUT2D eigenvalue weighted by atomic mass is 9.97. The summed E-state index contributed by atoms with van der Waals surface area (Å²) in [5, 5.41) is 3.15. The summed E-state index contributed by atoms with van der Waals surface area (Å²) in [6, 6.07) is 1.90. The van der Waals surface area contributed by atoms with E-state index in [1.54, 1.807) is 0 Å². The minimum Gasteiger partial charge on any atom is -0.378 e. The maximum atomic E-state index is 13.0. The van der Waals surface area contributed by atoms with Crippen LogP contribution in [0.25, 0.3) is 10.2 Å². The molecule has 0 aliphatic carbocycles. The summed E-state index contributed by atoms with van der Waals surface area (Å²) < 4.78 is 6.45. The SMILES string of the molecule is CCc1cnc(N2CCC(CNC(=O)c3cc4nc(C)nc(N5CCOCC5)c4s3)CC2)nc1.O=C=O. The van der Waals surface area contributed by atoms with Crippen molar-refractivity contribution in [2.45, 2.75) is 33.1 Å². The van der Waals surface area contributed by atoms with Crippen LogP contribution in [0.4, 0.5) is 11.8 Å². The Morgan fingerprint density at radius 3 is 2.43 bits per heavy atom. The first-order valence-corrected chi connectivity index (χ1v) is 13.3. The predicted octanol–water partition coefficient (Wildman–Crippen LogP) is 2.25. The molecule has 3 aromatic heterocycles. The number of fused-ring (bicyclic) bond motifs is 1. The Labute approximate surface area is 219 Å². The van der Waals surface area contributed by atoms with E-state index in [0.29, 0.717) is 30.6 Å². The van der Waals surface area contributed by atoms with Crippen molar-refractivity contribution < 1.29 is 19.1 Å². The van der Waals surface area contributed by atoms with Crippen LogP contribution in [0.2, 0.25) is 0 Å². The lowest BCUT2D eigenvalue weighted by Crippen LogP contribution is -2.39. The molecule has 1 N–H and O–H groups in total. The Bertz CT molecular complexity index is 1230. The highest BCUT2D eigenvalue weighted by Crippen LogP contribution is 2.32. The molecule has 37 heavy (non-hydrogen) atoms. The molecule has 0 unspecified atom stereocenters. The number of amides is 1. The lowest BCUT2D eigenvalue weighted by Gasteiger charge is -2.32. The van der Waals surface area contributed by atoms with Crippen molar-refractivity contribution in [3.05, 3.63) is 34.7 Å². The number of rotatable bonds is 6. The molecule has 2 aliphatic heterocycles. The first-order valence-electron chi connectivity index (χ1n) is 12.5. The van der Waals surface area contributed by atoms with E-state index in [1.807, 2.05) is 25.4 Å². The Morgan fingerprint density at radius 1 is 1.11 bits per heavy atom. The Kier molecular flexibility index (Phi) is 9.10. The van der Waals surface area contributed by atoms with Crippen molar-refractivity contribution in [2.75, 3.05) is 55.7 Å². The molecule has 2 fully saturated rings. The fraction of sp³-hybridized carbons (Fsp3) is 0.520. The van der Waals surface area contributed by atoms with E-state index in [2.05, 4.69) is 42.0 Å². The first-order chi connectivity index (χ1) is 18.0. The Hall–Kier alpha value is -3.47. The molecule has 0 spiro atoms. The standard InChI is InChI=1S/C24H31N7O2S.CO2/c1-3-17-13-26-24(27-14-17)31-6-4-18(5-7-31)15-25-23(32)20-12-19-21(34-20)22(29-16(2)28-19)30-8-10-33-11-9-30;2-1-3/h12-14,18H,3-11,15H2,1-2H3,(H,25,32);. The fourth-order valence-corrected chi connectivity index (χ4v) is 5.51. The molecular weight excluding hydrogens is 494 g/mol. The minimum atomic E-state index is -0.0329. The molecule has 11 nitrogen and oxygen atoms in total. The summed E-state index contributed by atoms with van der Waals surface area (Å²) in [6.45, 7) is 9.49. The van der Waals surface area contributed by atoms with Crippen molar-refractivity contribution in [3.63, 3.8) is 0 Å². The third-order valence-electron chi connectivity index (χ3n) is 6.55. The second kappa shape index (κ2) is 12.7. The van der Waals surface area contributed by atoms with Gasteiger partial charge in [0.15, 0.2) is 5.82 Å². The molecular formula is C25H31N7O4S. The van der Waals surface area contributed by atoms with Gasteiger partial charge in [-0.05, 0) is 43.7 Å². The highest BCUT2D eigenvalue weighted by molar-refractivity contribution is 7.21. The number of nitrogens with zero attached hydrogens (tertiary/aromatic N) is 6. The van der Waals surface area contributed by atoms with E-state index in [0.717, 1.165) is 78.8 Å². The highest BCUT2D eigenvalue weighted by atomic mass is 32.1. The number of aryl methyl sites for hydroxylation is 2. The van der Waals surface area contributed by atoms with Crippen molar-refractivity contribution in [3.8, 4) is 0 Å². The second-order valence-corrected chi connectivity index (χ2v) is 10.0. The number of carbonyl (C=O) groups excluding carboxylic acids is 3. The molecule has 1 amide bonds. The highest BCUT2D eigenvalue weighted by Gasteiger charge is 2.23. The van der Waals surface area contributed by atoms with Crippen LogP contribution in [0, 0.1) is 12.8 Å². The largest absolute Gasteiger partial charge is 0.378 e. The van der Waals surface area contributed by atoms with Crippen LogP contribution in [0.3, 0.4) is 0 Å². The van der Waals surface area contributed by atoms with Crippen LogP contribution in [0.1, 0.15) is 40.8 Å². The number of carbonyl (C=O) groups is 1. The maximum Gasteiger partial charge on any atom is 0.373 e. The summed E-state index contributed by atoms with van der Waals surface area (Å²) in [6.07, 6.45) is 7.05. The van der Waals surface area contributed by atoms with Crippen molar-refractivity contribution in [1.82, 2.24) is 25.3 Å². The van der Waals surface area contributed by atoms with E-state index in [4.69, 9.17) is 14.3 Å². The minimum absolute atomic E-state index is 0.0329.